The Hall–Kier alpha value is -1.29. The minimum atomic E-state index is 0.219. The molecule has 1 aliphatic rings. The summed E-state index contributed by atoms with van der Waals surface area (Å²) in [7, 11) is 0. The molecule has 1 heterocycles. The van der Waals surface area contributed by atoms with E-state index in [9.17, 15) is 0 Å². The summed E-state index contributed by atoms with van der Waals surface area (Å²) in [5.41, 5.74) is 11.6. The Kier molecular flexibility index (Phi) is 6.07. The molecule has 1 aliphatic heterocycles. The molecular weight excluding hydrogens is 296 g/mol. The topological polar surface area (TPSA) is 47.3 Å². The van der Waals surface area contributed by atoms with Crippen LogP contribution in [-0.2, 0) is 4.74 Å². The van der Waals surface area contributed by atoms with Crippen LogP contribution < -0.4 is 11.1 Å². The van der Waals surface area contributed by atoms with Crippen LogP contribution in [0.25, 0.3) is 0 Å². The zero-order chi connectivity index (χ0) is 16.1. The molecule has 4 heteroatoms. The van der Waals surface area contributed by atoms with Crippen LogP contribution in [0.3, 0.4) is 0 Å². The summed E-state index contributed by atoms with van der Waals surface area (Å²) in [6, 6.07) is 8.09. The van der Waals surface area contributed by atoms with Crippen molar-refractivity contribution < 1.29 is 4.74 Å². The molecule has 1 unspecified atom stereocenters. The molecule has 22 heavy (non-hydrogen) atoms. The van der Waals surface area contributed by atoms with E-state index in [1.54, 1.807) is 0 Å². The van der Waals surface area contributed by atoms with E-state index in [4.69, 9.17) is 22.1 Å². The summed E-state index contributed by atoms with van der Waals surface area (Å²) in [5, 5.41) is 4.31. The van der Waals surface area contributed by atoms with Crippen molar-refractivity contribution in [3.05, 3.63) is 57.4 Å². The molecule has 3 nitrogen and oxygen atoms in total. The molecule has 1 aromatic rings. The van der Waals surface area contributed by atoms with Gasteiger partial charge in [0.05, 0.1) is 13.2 Å². The fraction of sp³-hybridized carbons (Fsp3) is 0.444. The number of allylic oxidation sites excluding steroid dienone is 3. The maximum Gasteiger partial charge on any atom is 0.0866 e. The fourth-order valence-corrected chi connectivity index (χ4v) is 3.24. The average Bonchev–Trinajstić information content (AvgIpc) is 2.51. The molecule has 0 radical (unpaired) electrons. The van der Waals surface area contributed by atoms with Gasteiger partial charge in [0.15, 0.2) is 0 Å². The van der Waals surface area contributed by atoms with E-state index >= 15 is 0 Å². The van der Waals surface area contributed by atoms with Crippen LogP contribution in [0, 0.1) is 0 Å². The minimum Gasteiger partial charge on any atom is -0.374 e. The van der Waals surface area contributed by atoms with Gasteiger partial charge in [-0.25, -0.2) is 0 Å². The predicted molar refractivity (Wildman–Crippen MR) is 92.9 cm³/mol. The first-order chi connectivity index (χ1) is 10.6. The van der Waals surface area contributed by atoms with Gasteiger partial charge < -0.3 is 15.8 Å². The van der Waals surface area contributed by atoms with E-state index < -0.39 is 0 Å². The van der Waals surface area contributed by atoms with Gasteiger partial charge in [0, 0.05) is 28.9 Å². The molecule has 1 aromatic carbocycles. The van der Waals surface area contributed by atoms with Crippen molar-refractivity contribution in [2.75, 3.05) is 19.8 Å². The summed E-state index contributed by atoms with van der Waals surface area (Å²) in [6.07, 6.45) is 0.953. The lowest BCUT2D eigenvalue weighted by Gasteiger charge is -2.32. The molecule has 0 bridgehead atoms. The first-order valence-corrected chi connectivity index (χ1v) is 8.16. The molecule has 2 rings (SSSR count). The molecule has 1 atom stereocenters. The first-order valence-electron chi connectivity index (χ1n) is 7.78. The molecule has 0 aliphatic carbocycles. The van der Waals surface area contributed by atoms with Crippen molar-refractivity contribution >= 4 is 11.6 Å². The van der Waals surface area contributed by atoms with Gasteiger partial charge in [-0.2, -0.15) is 0 Å². The third-order valence-corrected chi connectivity index (χ3v) is 4.55. The van der Waals surface area contributed by atoms with Crippen LogP contribution in [-0.4, -0.2) is 19.8 Å². The first kappa shape index (κ1) is 17.1. The second-order valence-electron chi connectivity index (χ2n) is 5.59. The lowest BCUT2D eigenvalue weighted by Crippen LogP contribution is -2.28. The molecule has 120 valence electrons. The van der Waals surface area contributed by atoms with E-state index in [0.29, 0.717) is 19.8 Å². The lowest BCUT2D eigenvalue weighted by molar-refractivity contribution is 0.159. The average molecular weight is 321 g/mol. The van der Waals surface area contributed by atoms with E-state index in [-0.39, 0.29) is 5.92 Å². The van der Waals surface area contributed by atoms with Gasteiger partial charge in [0.2, 0.25) is 0 Å². The largest absolute Gasteiger partial charge is 0.374 e. The molecule has 0 amide bonds. The fourth-order valence-electron chi connectivity index (χ4n) is 2.99. The Labute approximate surface area is 138 Å². The molecular formula is C18H25ClN2O. The van der Waals surface area contributed by atoms with Crippen molar-refractivity contribution in [1.29, 1.82) is 0 Å². The number of benzene rings is 1. The van der Waals surface area contributed by atoms with Gasteiger partial charge in [-0.1, -0.05) is 36.7 Å². The van der Waals surface area contributed by atoms with Crippen molar-refractivity contribution in [2.45, 2.75) is 33.1 Å². The highest BCUT2D eigenvalue weighted by Gasteiger charge is 2.27. The smallest absolute Gasteiger partial charge is 0.0866 e. The van der Waals surface area contributed by atoms with Gasteiger partial charge in [-0.15, -0.1) is 0 Å². The molecule has 3 N–H and O–H groups in total. The maximum atomic E-state index is 6.45. The Morgan fingerprint density at radius 1 is 1.27 bits per heavy atom. The summed E-state index contributed by atoms with van der Waals surface area (Å²) in [4.78, 5) is 0. The second kappa shape index (κ2) is 7.82. The van der Waals surface area contributed by atoms with Crippen LogP contribution >= 0.6 is 11.6 Å². The van der Waals surface area contributed by atoms with E-state index in [0.717, 1.165) is 22.7 Å². The van der Waals surface area contributed by atoms with E-state index in [1.165, 1.54) is 16.8 Å². The normalized spacial score (nSPS) is 18.7. The highest BCUT2D eigenvalue weighted by Crippen LogP contribution is 2.41. The zero-order valence-electron chi connectivity index (χ0n) is 13.6. The highest BCUT2D eigenvalue weighted by atomic mass is 35.5. The van der Waals surface area contributed by atoms with E-state index in [1.807, 2.05) is 18.2 Å². The molecule has 0 fully saturated rings. The van der Waals surface area contributed by atoms with Gasteiger partial charge in [0.1, 0.15) is 0 Å². The standard InChI is InChI=1S/C18H25ClN2O/c1-4-14-17(11-22-10-9-20)21-13(3)12(2)18(14)15-7-5-6-8-16(15)19/h5-8,18,21H,4,9-11,20H2,1-3H3. The third-order valence-electron chi connectivity index (χ3n) is 4.20. The highest BCUT2D eigenvalue weighted by molar-refractivity contribution is 6.31. The number of hydrogen-bond acceptors (Lipinski definition) is 3. The molecule has 0 spiro atoms. The lowest BCUT2D eigenvalue weighted by atomic mass is 9.80. The maximum absolute atomic E-state index is 6.45. The number of nitrogens with two attached hydrogens (primary N) is 1. The Balaban J connectivity index is 2.42. The summed E-state index contributed by atoms with van der Waals surface area (Å²) >= 11 is 6.45. The summed E-state index contributed by atoms with van der Waals surface area (Å²) < 4.78 is 5.65. The SMILES string of the molecule is CCC1=C(COCCN)NC(C)=C(C)C1c1ccccc1Cl. The van der Waals surface area contributed by atoms with Crippen molar-refractivity contribution in [2.24, 2.45) is 5.73 Å². The number of dihydropyridines is 1. The van der Waals surface area contributed by atoms with Gasteiger partial charge in [-0.05, 0) is 43.0 Å². The number of halogens is 1. The second-order valence-corrected chi connectivity index (χ2v) is 5.99. The van der Waals surface area contributed by atoms with Gasteiger partial charge >= 0.3 is 0 Å². The Morgan fingerprint density at radius 3 is 2.64 bits per heavy atom. The van der Waals surface area contributed by atoms with Crippen molar-refractivity contribution in [1.82, 2.24) is 5.32 Å². The van der Waals surface area contributed by atoms with Gasteiger partial charge in [0.25, 0.3) is 0 Å². The number of rotatable bonds is 6. The van der Waals surface area contributed by atoms with E-state index in [2.05, 4.69) is 32.2 Å². The van der Waals surface area contributed by atoms with Crippen LogP contribution in [0.2, 0.25) is 5.02 Å². The Bertz CT molecular complexity index is 593. The van der Waals surface area contributed by atoms with Crippen LogP contribution in [0.15, 0.2) is 46.8 Å². The summed E-state index contributed by atoms with van der Waals surface area (Å²) in [6.45, 7) is 8.12. The number of nitrogens with one attached hydrogen (secondary N) is 1. The third kappa shape index (κ3) is 3.54. The van der Waals surface area contributed by atoms with Crippen molar-refractivity contribution in [3.63, 3.8) is 0 Å². The zero-order valence-corrected chi connectivity index (χ0v) is 14.3. The van der Waals surface area contributed by atoms with Gasteiger partial charge in [-0.3, -0.25) is 0 Å². The predicted octanol–water partition coefficient (Wildman–Crippen LogP) is 3.96. The van der Waals surface area contributed by atoms with Crippen molar-refractivity contribution in [3.8, 4) is 0 Å². The molecule has 0 aromatic heterocycles. The van der Waals surface area contributed by atoms with Crippen LogP contribution in [0.1, 0.15) is 38.7 Å². The molecule has 0 saturated heterocycles. The summed E-state index contributed by atoms with van der Waals surface area (Å²) in [5.74, 6) is 0.219. The molecule has 0 saturated carbocycles. The Morgan fingerprint density at radius 2 is 2.00 bits per heavy atom. The monoisotopic (exact) mass is 320 g/mol. The number of hydrogen-bond donors (Lipinski definition) is 2. The quantitative estimate of drug-likeness (QED) is 0.780. The van der Waals surface area contributed by atoms with Crippen LogP contribution in [0.4, 0.5) is 0 Å². The minimum absolute atomic E-state index is 0.219. The number of ether oxygens (including phenoxy) is 1. The van der Waals surface area contributed by atoms with Crippen LogP contribution in [0.5, 0.6) is 0 Å².